The van der Waals surface area contributed by atoms with E-state index in [0.29, 0.717) is 5.39 Å². The molecule has 3 aromatic rings. The summed E-state index contributed by atoms with van der Waals surface area (Å²) < 4.78 is 15.7. The fourth-order valence-electron chi connectivity index (χ4n) is 2.71. The van der Waals surface area contributed by atoms with Crippen LogP contribution in [0.3, 0.4) is 0 Å². The van der Waals surface area contributed by atoms with Crippen LogP contribution in [0.2, 0.25) is 0 Å². The average molecular weight is 283 g/mol. The molecule has 1 heterocycles. The molecule has 0 radical (unpaired) electrons. The number of halogens is 1. The van der Waals surface area contributed by atoms with E-state index in [0.717, 1.165) is 29.5 Å². The number of hydrogen-bond acceptors (Lipinski definition) is 2. The van der Waals surface area contributed by atoms with Gasteiger partial charge >= 0.3 is 0 Å². The molecule has 0 aliphatic heterocycles. The Bertz CT molecular complexity index is 764. The van der Waals surface area contributed by atoms with Crippen molar-refractivity contribution < 1.29 is 4.39 Å². The summed E-state index contributed by atoms with van der Waals surface area (Å²) in [4.78, 5) is 0. The van der Waals surface area contributed by atoms with Crippen LogP contribution in [0.4, 0.5) is 4.39 Å². The molecule has 3 rings (SSSR count). The second-order valence-electron chi connectivity index (χ2n) is 5.27. The lowest BCUT2D eigenvalue weighted by molar-refractivity contribution is 0.613. The molecule has 1 aromatic heterocycles. The zero-order valence-electron chi connectivity index (χ0n) is 12.0. The maximum Gasteiger partial charge on any atom is 0.131 e. The topological polar surface area (TPSA) is 43.8 Å². The highest BCUT2D eigenvalue weighted by molar-refractivity contribution is 5.86. The second-order valence-corrected chi connectivity index (χ2v) is 5.27. The molecule has 0 aliphatic rings. The van der Waals surface area contributed by atoms with Crippen molar-refractivity contribution in [2.45, 2.75) is 18.9 Å². The molecule has 0 aliphatic carbocycles. The normalized spacial score (nSPS) is 12.7. The molecule has 4 heteroatoms. The monoisotopic (exact) mass is 283 g/mol. The molecule has 1 atom stereocenters. The van der Waals surface area contributed by atoms with Gasteiger partial charge in [-0.1, -0.05) is 30.3 Å². The molecule has 2 N–H and O–H groups in total. The third-order valence-corrected chi connectivity index (χ3v) is 3.94. The first kappa shape index (κ1) is 13.8. The van der Waals surface area contributed by atoms with Gasteiger partial charge in [-0.2, -0.15) is 5.10 Å². The predicted octanol–water partition coefficient (Wildman–Crippen LogP) is 3.35. The van der Waals surface area contributed by atoms with Gasteiger partial charge in [0.15, 0.2) is 0 Å². The summed E-state index contributed by atoms with van der Waals surface area (Å²) in [6.45, 7) is 0. The van der Waals surface area contributed by atoms with E-state index in [9.17, 15) is 4.39 Å². The number of rotatable bonds is 4. The van der Waals surface area contributed by atoms with Crippen LogP contribution < -0.4 is 5.73 Å². The molecule has 0 saturated heterocycles. The molecule has 108 valence electrons. The van der Waals surface area contributed by atoms with Crippen LogP contribution in [0.1, 0.15) is 23.7 Å². The molecule has 0 bridgehead atoms. The summed E-state index contributed by atoms with van der Waals surface area (Å²) in [6, 6.07) is 12.7. The molecule has 2 aromatic carbocycles. The highest BCUT2D eigenvalue weighted by atomic mass is 19.1. The van der Waals surface area contributed by atoms with Crippen LogP contribution >= 0.6 is 0 Å². The number of aryl methyl sites for hydroxylation is 2. The van der Waals surface area contributed by atoms with E-state index in [-0.39, 0.29) is 11.9 Å². The second kappa shape index (κ2) is 5.66. The van der Waals surface area contributed by atoms with Crippen molar-refractivity contribution in [2.24, 2.45) is 12.8 Å². The Kier molecular flexibility index (Phi) is 3.71. The van der Waals surface area contributed by atoms with E-state index in [4.69, 9.17) is 5.73 Å². The quantitative estimate of drug-likeness (QED) is 0.798. The largest absolute Gasteiger partial charge is 0.324 e. The first-order valence-corrected chi connectivity index (χ1v) is 7.06. The summed E-state index contributed by atoms with van der Waals surface area (Å²) in [6.07, 6.45) is 3.44. The number of hydrogen-bond donors (Lipinski definition) is 1. The van der Waals surface area contributed by atoms with Gasteiger partial charge in [0.25, 0.3) is 0 Å². The van der Waals surface area contributed by atoms with Crippen molar-refractivity contribution in [3.63, 3.8) is 0 Å². The first-order valence-electron chi connectivity index (χ1n) is 7.06. The molecular formula is C17H18FN3. The lowest BCUT2D eigenvalue weighted by Crippen LogP contribution is -2.13. The van der Waals surface area contributed by atoms with Gasteiger partial charge in [-0.25, -0.2) is 4.39 Å². The third-order valence-electron chi connectivity index (χ3n) is 3.94. The van der Waals surface area contributed by atoms with Gasteiger partial charge in [-0.3, -0.25) is 4.68 Å². The molecule has 21 heavy (non-hydrogen) atoms. The van der Waals surface area contributed by atoms with E-state index in [1.807, 2.05) is 36.0 Å². The smallest absolute Gasteiger partial charge is 0.131 e. The summed E-state index contributed by atoms with van der Waals surface area (Å²) in [5.41, 5.74) is 8.47. The van der Waals surface area contributed by atoms with Crippen molar-refractivity contribution in [3.05, 3.63) is 65.7 Å². The minimum atomic E-state index is -0.201. The zero-order chi connectivity index (χ0) is 14.8. The summed E-state index contributed by atoms with van der Waals surface area (Å²) in [7, 11) is 1.92. The fourth-order valence-corrected chi connectivity index (χ4v) is 2.71. The van der Waals surface area contributed by atoms with Gasteiger partial charge in [0.1, 0.15) is 5.82 Å². The SMILES string of the molecule is Cn1nccc1CCC(N)c1ccc(F)c2ccccc12. The van der Waals surface area contributed by atoms with Crippen LogP contribution in [0, 0.1) is 5.82 Å². The summed E-state index contributed by atoms with van der Waals surface area (Å²) in [5.74, 6) is -0.201. The maximum absolute atomic E-state index is 13.8. The van der Waals surface area contributed by atoms with Crippen LogP contribution in [-0.4, -0.2) is 9.78 Å². The van der Waals surface area contributed by atoms with E-state index in [1.54, 1.807) is 18.3 Å². The fraction of sp³-hybridized carbons (Fsp3) is 0.235. The van der Waals surface area contributed by atoms with Crippen LogP contribution in [0.15, 0.2) is 48.7 Å². The minimum Gasteiger partial charge on any atom is -0.324 e. The maximum atomic E-state index is 13.8. The summed E-state index contributed by atoms with van der Waals surface area (Å²) in [5, 5.41) is 5.68. The van der Waals surface area contributed by atoms with Crippen molar-refractivity contribution in [3.8, 4) is 0 Å². The van der Waals surface area contributed by atoms with Crippen molar-refractivity contribution >= 4 is 10.8 Å². The Labute approximate surface area is 123 Å². The van der Waals surface area contributed by atoms with E-state index < -0.39 is 0 Å². The van der Waals surface area contributed by atoms with Crippen molar-refractivity contribution in [1.29, 1.82) is 0 Å². The number of nitrogens with zero attached hydrogens (tertiary/aromatic N) is 2. The summed E-state index contributed by atoms with van der Waals surface area (Å²) >= 11 is 0. The number of nitrogens with two attached hydrogens (primary N) is 1. The van der Waals surface area contributed by atoms with Gasteiger partial charge in [-0.05, 0) is 35.9 Å². The minimum absolute atomic E-state index is 0.120. The molecule has 1 unspecified atom stereocenters. The Morgan fingerprint density at radius 3 is 2.62 bits per heavy atom. The molecule has 3 nitrogen and oxygen atoms in total. The number of fused-ring (bicyclic) bond motifs is 1. The van der Waals surface area contributed by atoms with Crippen molar-refractivity contribution in [1.82, 2.24) is 9.78 Å². The van der Waals surface area contributed by atoms with Gasteiger partial charge in [0, 0.05) is 30.4 Å². The Morgan fingerprint density at radius 1 is 1.14 bits per heavy atom. The zero-order valence-corrected chi connectivity index (χ0v) is 12.0. The number of aromatic nitrogens is 2. The predicted molar refractivity (Wildman–Crippen MR) is 82.4 cm³/mol. The van der Waals surface area contributed by atoms with E-state index in [1.165, 1.54) is 6.07 Å². The highest BCUT2D eigenvalue weighted by Gasteiger charge is 2.13. The van der Waals surface area contributed by atoms with E-state index in [2.05, 4.69) is 5.10 Å². The molecule has 0 saturated carbocycles. The third kappa shape index (κ3) is 2.67. The molecule has 0 fully saturated rings. The number of benzene rings is 2. The molecule has 0 amide bonds. The molecular weight excluding hydrogens is 265 g/mol. The van der Waals surface area contributed by atoms with Gasteiger partial charge in [0.2, 0.25) is 0 Å². The van der Waals surface area contributed by atoms with Gasteiger partial charge in [-0.15, -0.1) is 0 Å². The van der Waals surface area contributed by atoms with Gasteiger partial charge in [0.05, 0.1) is 0 Å². The first-order chi connectivity index (χ1) is 10.2. The van der Waals surface area contributed by atoms with Crippen LogP contribution in [0.5, 0.6) is 0 Å². The average Bonchev–Trinajstić information content (AvgIpc) is 2.91. The Morgan fingerprint density at radius 2 is 1.90 bits per heavy atom. The lowest BCUT2D eigenvalue weighted by Gasteiger charge is -2.15. The van der Waals surface area contributed by atoms with Crippen LogP contribution in [0.25, 0.3) is 10.8 Å². The highest BCUT2D eigenvalue weighted by Crippen LogP contribution is 2.27. The van der Waals surface area contributed by atoms with E-state index >= 15 is 0 Å². The van der Waals surface area contributed by atoms with Crippen molar-refractivity contribution in [2.75, 3.05) is 0 Å². The Hall–Kier alpha value is -2.20. The lowest BCUT2D eigenvalue weighted by atomic mass is 9.95. The molecule has 0 spiro atoms. The Balaban J connectivity index is 1.86. The van der Waals surface area contributed by atoms with Gasteiger partial charge < -0.3 is 5.73 Å². The van der Waals surface area contributed by atoms with Crippen LogP contribution in [-0.2, 0) is 13.5 Å². The standard InChI is InChI=1S/C17H18FN3/c1-21-12(10-11-20-21)6-9-17(19)15-7-8-16(18)14-5-3-2-4-13(14)15/h2-5,7-8,10-11,17H,6,9,19H2,1H3.